The maximum atomic E-state index is 11.5. The number of amides is 1. The number of hydrogen-bond donors (Lipinski definition) is 1. The van der Waals surface area contributed by atoms with Gasteiger partial charge in [-0.25, -0.2) is 0 Å². The van der Waals surface area contributed by atoms with Gasteiger partial charge in [-0.3, -0.25) is 4.79 Å². The van der Waals surface area contributed by atoms with Gasteiger partial charge in [-0.15, -0.1) is 0 Å². The molecule has 1 amide bonds. The highest BCUT2D eigenvalue weighted by molar-refractivity contribution is 5.74. The van der Waals surface area contributed by atoms with Crippen LogP contribution in [0.1, 0.15) is 52.9 Å². The zero-order valence-corrected chi connectivity index (χ0v) is 10.7. The van der Waals surface area contributed by atoms with Crippen LogP contribution in [0.5, 0.6) is 0 Å². The molecule has 16 heavy (non-hydrogen) atoms. The van der Waals surface area contributed by atoms with Crippen molar-refractivity contribution in [1.82, 2.24) is 5.32 Å². The van der Waals surface area contributed by atoms with Gasteiger partial charge >= 0.3 is 0 Å². The molecule has 4 fully saturated rings. The first-order valence-corrected chi connectivity index (χ1v) is 6.72. The van der Waals surface area contributed by atoms with Crippen LogP contribution in [0.2, 0.25) is 0 Å². The summed E-state index contributed by atoms with van der Waals surface area (Å²) in [4.78, 5) is 11.5. The molecule has 2 nitrogen and oxygen atoms in total. The van der Waals surface area contributed by atoms with Crippen LogP contribution in [0.4, 0.5) is 0 Å². The van der Waals surface area contributed by atoms with E-state index in [4.69, 9.17) is 0 Å². The van der Waals surface area contributed by atoms with Crippen molar-refractivity contribution in [3.63, 3.8) is 0 Å². The van der Waals surface area contributed by atoms with Crippen LogP contribution in [0, 0.1) is 23.2 Å². The lowest BCUT2D eigenvalue weighted by Gasteiger charge is -2.65. The average Bonchev–Trinajstić information content (AvgIpc) is 2.12. The first-order valence-electron chi connectivity index (χ1n) is 6.72. The SMILES string of the molecule is CC(=O)N[C@@]1(C)C2CC3C[C@@H](C2)CC1(C)C3. The number of carbonyl (C=O) groups is 1. The summed E-state index contributed by atoms with van der Waals surface area (Å²) in [6, 6.07) is 0. The predicted molar refractivity (Wildman–Crippen MR) is 63.9 cm³/mol. The molecule has 0 aliphatic heterocycles. The molecule has 4 aliphatic rings. The van der Waals surface area contributed by atoms with Crippen LogP contribution in [0.3, 0.4) is 0 Å². The third kappa shape index (κ3) is 1.22. The van der Waals surface area contributed by atoms with Gasteiger partial charge in [0.25, 0.3) is 0 Å². The van der Waals surface area contributed by atoms with Gasteiger partial charge in [-0.05, 0) is 62.2 Å². The first kappa shape index (κ1) is 10.6. The lowest BCUT2D eigenvalue weighted by Crippen LogP contribution is -2.69. The van der Waals surface area contributed by atoms with Crippen molar-refractivity contribution in [3.05, 3.63) is 0 Å². The topological polar surface area (TPSA) is 29.1 Å². The van der Waals surface area contributed by atoms with Crippen molar-refractivity contribution in [2.45, 2.75) is 58.4 Å². The molecule has 2 heteroatoms. The van der Waals surface area contributed by atoms with E-state index in [1.54, 1.807) is 6.92 Å². The Hall–Kier alpha value is -0.530. The third-order valence-electron chi connectivity index (χ3n) is 5.89. The number of rotatable bonds is 1. The lowest BCUT2D eigenvalue weighted by molar-refractivity contribution is -0.144. The second kappa shape index (κ2) is 3.02. The molecular formula is C14H23NO. The number of hydrogen-bond acceptors (Lipinski definition) is 1. The Morgan fingerprint density at radius 1 is 1.12 bits per heavy atom. The Balaban J connectivity index is 1.96. The molecule has 4 rings (SSSR count). The molecule has 4 bridgehead atoms. The van der Waals surface area contributed by atoms with E-state index in [2.05, 4.69) is 19.2 Å². The highest BCUT2D eigenvalue weighted by atomic mass is 16.1. The summed E-state index contributed by atoms with van der Waals surface area (Å²) in [7, 11) is 0. The molecule has 4 saturated carbocycles. The molecule has 0 aromatic rings. The minimum Gasteiger partial charge on any atom is -0.350 e. The highest BCUT2D eigenvalue weighted by Gasteiger charge is 2.61. The molecule has 0 heterocycles. The van der Waals surface area contributed by atoms with Crippen molar-refractivity contribution in [2.75, 3.05) is 0 Å². The van der Waals surface area contributed by atoms with E-state index in [0.717, 1.165) is 17.8 Å². The zero-order valence-electron chi connectivity index (χ0n) is 10.7. The van der Waals surface area contributed by atoms with Crippen molar-refractivity contribution in [3.8, 4) is 0 Å². The van der Waals surface area contributed by atoms with Gasteiger partial charge < -0.3 is 5.32 Å². The summed E-state index contributed by atoms with van der Waals surface area (Å²) in [5.41, 5.74) is 0.416. The Bertz CT molecular complexity index is 324. The van der Waals surface area contributed by atoms with Gasteiger partial charge in [-0.2, -0.15) is 0 Å². The molecule has 1 N–H and O–H groups in total. The van der Waals surface area contributed by atoms with Crippen molar-refractivity contribution < 1.29 is 4.79 Å². The molecular weight excluding hydrogens is 198 g/mol. The van der Waals surface area contributed by atoms with Gasteiger partial charge in [0.1, 0.15) is 0 Å². The largest absolute Gasteiger partial charge is 0.350 e. The van der Waals surface area contributed by atoms with Crippen LogP contribution in [-0.2, 0) is 4.79 Å². The fraction of sp³-hybridized carbons (Fsp3) is 0.929. The molecule has 0 spiro atoms. The highest BCUT2D eigenvalue weighted by Crippen LogP contribution is 2.64. The number of nitrogens with one attached hydrogen (secondary N) is 1. The molecule has 3 unspecified atom stereocenters. The standard InChI is InChI=1S/C14H23NO/c1-9(16)15-14(3)12-5-10-4-11(6-12)8-13(14,2)7-10/h10-12H,4-8H2,1-3H3,(H,15,16)/t10-,11?,12?,13?,14-/m0/s1. The van der Waals surface area contributed by atoms with Gasteiger partial charge in [-0.1, -0.05) is 6.92 Å². The van der Waals surface area contributed by atoms with E-state index in [1.807, 2.05) is 0 Å². The Labute approximate surface area is 98.2 Å². The van der Waals surface area contributed by atoms with Gasteiger partial charge in [0, 0.05) is 12.5 Å². The van der Waals surface area contributed by atoms with E-state index in [0.29, 0.717) is 5.41 Å². The van der Waals surface area contributed by atoms with Crippen LogP contribution in [-0.4, -0.2) is 11.4 Å². The molecule has 0 saturated heterocycles. The summed E-state index contributed by atoms with van der Waals surface area (Å²) in [5.74, 6) is 2.78. The van der Waals surface area contributed by atoms with Gasteiger partial charge in [0.2, 0.25) is 5.91 Å². The van der Waals surface area contributed by atoms with Crippen molar-refractivity contribution in [2.24, 2.45) is 23.2 Å². The Morgan fingerprint density at radius 2 is 1.69 bits per heavy atom. The molecule has 0 aromatic carbocycles. The fourth-order valence-corrected chi connectivity index (χ4v) is 5.26. The number of carbonyl (C=O) groups excluding carboxylic acids is 1. The predicted octanol–water partition coefficient (Wildman–Crippen LogP) is 2.73. The van der Waals surface area contributed by atoms with Gasteiger partial charge in [0.15, 0.2) is 0 Å². The monoisotopic (exact) mass is 221 g/mol. The second-order valence-corrected chi connectivity index (χ2v) is 6.99. The zero-order chi connectivity index (χ0) is 11.6. The fourth-order valence-electron chi connectivity index (χ4n) is 5.26. The maximum absolute atomic E-state index is 11.5. The third-order valence-corrected chi connectivity index (χ3v) is 5.89. The van der Waals surface area contributed by atoms with E-state index in [1.165, 1.54) is 32.1 Å². The van der Waals surface area contributed by atoms with Crippen LogP contribution >= 0.6 is 0 Å². The molecule has 90 valence electrons. The molecule has 4 aliphatic carbocycles. The quantitative estimate of drug-likeness (QED) is 0.724. The lowest BCUT2D eigenvalue weighted by atomic mass is 9.43. The summed E-state index contributed by atoms with van der Waals surface area (Å²) in [5, 5.41) is 3.30. The van der Waals surface area contributed by atoms with Crippen molar-refractivity contribution in [1.29, 1.82) is 0 Å². The average molecular weight is 221 g/mol. The van der Waals surface area contributed by atoms with Crippen molar-refractivity contribution >= 4 is 5.91 Å². The Kier molecular flexibility index (Phi) is 2.01. The summed E-state index contributed by atoms with van der Waals surface area (Å²) >= 11 is 0. The normalized spacial score (nSPS) is 54.1. The summed E-state index contributed by atoms with van der Waals surface area (Å²) in [6.45, 7) is 6.38. The summed E-state index contributed by atoms with van der Waals surface area (Å²) < 4.78 is 0. The first-order chi connectivity index (χ1) is 7.43. The molecule has 0 aromatic heterocycles. The smallest absolute Gasteiger partial charge is 0.217 e. The van der Waals surface area contributed by atoms with Crippen LogP contribution in [0.25, 0.3) is 0 Å². The maximum Gasteiger partial charge on any atom is 0.217 e. The van der Waals surface area contributed by atoms with Crippen LogP contribution < -0.4 is 5.32 Å². The van der Waals surface area contributed by atoms with E-state index in [9.17, 15) is 4.79 Å². The van der Waals surface area contributed by atoms with E-state index in [-0.39, 0.29) is 11.4 Å². The second-order valence-electron chi connectivity index (χ2n) is 6.99. The van der Waals surface area contributed by atoms with E-state index >= 15 is 0 Å². The van der Waals surface area contributed by atoms with E-state index < -0.39 is 0 Å². The Morgan fingerprint density at radius 3 is 2.12 bits per heavy atom. The molecule has 0 radical (unpaired) electrons. The van der Waals surface area contributed by atoms with Crippen LogP contribution in [0.15, 0.2) is 0 Å². The molecule has 5 atom stereocenters. The minimum atomic E-state index is 0.0618. The van der Waals surface area contributed by atoms with Gasteiger partial charge in [0.05, 0.1) is 0 Å². The summed E-state index contributed by atoms with van der Waals surface area (Å²) in [6.07, 6.45) is 6.82. The minimum absolute atomic E-state index is 0.0618.